The lowest BCUT2D eigenvalue weighted by atomic mass is 9.88. The Labute approximate surface area is 229 Å². The van der Waals surface area contributed by atoms with Crippen molar-refractivity contribution in [3.8, 4) is 11.3 Å². The van der Waals surface area contributed by atoms with Crippen LogP contribution in [0.15, 0.2) is 54.0 Å². The van der Waals surface area contributed by atoms with Gasteiger partial charge < -0.3 is 15.1 Å². The number of aromatic nitrogens is 3. The van der Waals surface area contributed by atoms with Gasteiger partial charge in [0.1, 0.15) is 5.82 Å². The van der Waals surface area contributed by atoms with Crippen molar-refractivity contribution in [2.45, 2.75) is 13.3 Å². The molecule has 2 N–H and O–H groups in total. The van der Waals surface area contributed by atoms with Crippen LogP contribution < -0.4 is 10.2 Å². The van der Waals surface area contributed by atoms with Crippen LogP contribution in [0.5, 0.6) is 0 Å². The first-order valence-electron chi connectivity index (χ1n) is 13.1. The van der Waals surface area contributed by atoms with Crippen LogP contribution in [0.1, 0.15) is 13.3 Å². The Morgan fingerprint density at radius 1 is 1.10 bits per heavy atom. The van der Waals surface area contributed by atoms with E-state index in [2.05, 4.69) is 30.3 Å². The number of likely N-dealkylation sites (tertiary alicyclic amines) is 1. The maximum Gasteiger partial charge on any atom is 0.236 e. The SMILES string of the molecule is CC1(C(=O)Nc2ccc3[nH]nc(-c4ccc(F)cc4)c3c2)CCN(CC(=O)N2CCN(c3nccs3)CC2)C1. The van der Waals surface area contributed by atoms with E-state index in [0.717, 1.165) is 34.7 Å². The highest BCUT2D eigenvalue weighted by Gasteiger charge is 2.41. The highest BCUT2D eigenvalue weighted by molar-refractivity contribution is 7.13. The Balaban J connectivity index is 1.06. The number of H-pyrrole nitrogens is 1. The first kappa shape index (κ1) is 25.4. The standard InChI is InChI=1S/C28H30FN7O2S/c1-28(8-10-34(18-28)17-24(37)35-11-13-36(14-12-35)27-30-9-15-39-27)26(38)31-21-6-7-23-22(16-21)25(33-32-23)19-2-4-20(29)5-3-19/h2-7,9,15-16H,8,10-14,17-18H2,1H3,(H,31,38)(H,32,33). The van der Waals surface area contributed by atoms with Crippen molar-refractivity contribution in [3.05, 3.63) is 59.9 Å². The van der Waals surface area contributed by atoms with Crippen LogP contribution in [0.2, 0.25) is 0 Å². The van der Waals surface area contributed by atoms with Crippen LogP contribution in [-0.2, 0) is 9.59 Å². The number of halogens is 1. The maximum absolute atomic E-state index is 13.4. The molecular formula is C28H30FN7O2S. The van der Waals surface area contributed by atoms with Crippen LogP contribution in [0.4, 0.5) is 15.2 Å². The van der Waals surface area contributed by atoms with E-state index in [0.29, 0.717) is 50.5 Å². The average molecular weight is 548 g/mol. The zero-order chi connectivity index (χ0) is 27.0. The monoisotopic (exact) mass is 547 g/mol. The van der Waals surface area contributed by atoms with Gasteiger partial charge in [0, 0.05) is 60.9 Å². The van der Waals surface area contributed by atoms with Crippen molar-refractivity contribution in [3.63, 3.8) is 0 Å². The molecule has 0 aliphatic carbocycles. The summed E-state index contributed by atoms with van der Waals surface area (Å²) in [5.41, 5.74) is 2.39. The molecule has 0 bridgehead atoms. The molecule has 202 valence electrons. The van der Waals surface area contributed by atoms with E-state index in [1.54, 1.807) is 29.7 Å². The van der Waals surface area contributed by atoms with E-state index in [4.69, 9.17) is 0 Å². The molecule has 2 aliphatic rings. The smallest absolute Gasteiger partial charge is 0.236 e. The molecule has 39 heavy (non-hydrogen) atoms. The molecule has 2 amide bonds. The molecule has 6 rings (SSSR count). The number of nitrogens with zero attached hydrogens (tertiary/aromatic N) is 5. The van der Waals surface area contributed by atoms with Gasteiger partial charge in [0.05, 0.1) is 23.2 Å². The number of rotatable bonds is 6. The molecule has 4 aromatic rings. The first-order valence-corrected chi connectivity index (χ1v) is 14.0. The number of nitrogens with one attached hydrogen (secondary N) is 2. The van der Waals surface area contributed by atoms with Gasteiger partial charge in [-0.25, -0.2) is 9.37 Å². The molecule has 1 atom stereocenters. The van der Waals surface area contributed by atoms with Gasteiger partial charge in [0.2, 0.25) is 11.8 Å². The summed E-state index contributed by atoms with van der Waals surface area (Å²) in [6.45, 7) is 6.43. The molecule has 2 aromatic heterocycles. The number of hydrogen-bond acceptors (Lipinski definition) is 7. The predicted octanol–water partition coefficient (Wildman–Crippen LogP) is 3.82. The van der Waals surface area contributed by atoms with Crippen molar-refractivity contribution in [1.82, 2.24) is 25.0 Å². The van der Waals surface area contributed by atoms with Gasteiger partial charge >= 0.3 is 0 Å². The molecular weight excluding hydrogens is 517 g/mol. The van der Waals surface area contributed by atoms with E-state index >= 15 is 0 Å². The number of thiazole rings is 1. The first-order chi connectivity index (χ1) is 18.9. The summed E-state index contributed by atoms with van der Waals surface area (Å²) < 4.78 is 13.4. The van der Waals surface area contributed by atoms with Crippen molar-refractivity contribution in [2.75, 3.05) is 56.0 Å². The van der Waals surface area contributed by atoms with Crippen LogP contribution in [0.25, 0.3) is 22.2 Å². The largest absolute Gasteiger partial charge is 0.345 e. The van der Waals surface area contributed by atoms with Crippen molar-refractivity contribution < 1.29 is 14.0 Å². The van der Waals surface area contributed by atoms with Crippen LogP contribution in [0.3, 0.4) is 0 Å². The fourth-order valence-corrected chi connectivity index (χ4v) is 6.09. The number of anilines is 2. The maximum atomic E-state index is 13.4. The fourth-order valence-electron chi connectivity index (χ4n) is 5.39. The Hall–Kier alpha value is -3.83. The number of aromatic amines is 1. The number of fused-ring (bicyclic) bond motifs is 1. The number of carbonyl (C=O) groups excluding carboxylic acids is 2. The van der Waals surface area contributed by atoms with E-state index < -0.39 is 5.41 Å². The summed E-state index contributed by atoms with van der Waals surface area (Å²) in [6, 6.07) is 11.8. The predicted molar refractivity (Wildman–Crippen MR) is 150 cm³/mol. The Morgan fingerprint density at radius 3 is 2.64 bits per heavy atom. The third kappa shape index (κ3) is 5.24. The second-order valence-corrected chi connectivity index (χ2v) is 11.4. The van der Waals surface area contributed by atoms with Gasteiger partial charge in [0.25, 0.3) is 0 Å². The summed E-state index contributed by atoms with van der Waals surface area (Å²) in [5.74, 6) is -0.265. The highest BCUT2D eigenvalue weighted by Crippen LogP contribution is 2.33. The van der Waals surface area contributed by atoms with Crippen molar-refractivity contribution in [2.24, 2.45) is 5.41 Å². The lowest BCUT2D eigenvalue weighted by molar-refractivity contribution is -0.133. The molecule has 11 heteroatoms. The van der Waals surface area contributed by atoms with E-state index in [-0.39, 0.29) is 17.6 Å². The minimum Gasteiger partial charge on any atom is -0.345 e. The van der Waals surface area contributed by atoms with Gasteiger partial charge in [-0.3, -0.25) is 19.6 Å². The van der Waals surface area contributed by atoms with E-state index in [1.807, 2.05) is 35.4 Å². The molecule has 9 nitrogen and oxygen atoms in total. The Morgan fingerprint density at radius 2 is 1.90 bits per heavy atom. The molecule has 2 saturated heterocycles. The van der Waals surface area contributed by atoms with E-state index in [9.17, 15) is 14.0 Å². The minimum absolute atomic E-state index is 0.0688. The summed E-state index contributed by atoms with van der Waals surface area (Å²) >= 11 is 1.62. The minimum atomic E-state index is -0.602. The second-order valence-electron chi connectivity index (χ2n) is 10.5. The summed E-state index contributed by atoms with van der Waals surface area (Å²) in [7, 11) is 0. The van der Waals surface area contributed by atoms with Crippen LogP contribution in [0, 0.1) is 11.2 Å². The molecule has 2 fully saturated rings. The quantitative estimate of drug-likeness (QED) is 0.381. The third-order valence-electron chi connectivity index (χ3n) is 7.72. The summed E-state index contributed by atoms with van der Waals surface area (Å²) in [5, 5.41) is 14.3. The summed E-state index contributed by atoms with van der Waals surface area (Å²) in [6.07, 6.45) is 2.48. The second kappa shape index (κ2) is 10.4. The number of piperazine rings is 1. The zero-order valence-corrected chi connectivity index (χ0v) is 22.5. The average Bonchev–Trinajstić information content (AvgIpc) is 3.70. The lowest BCUT2D eigenvalue weighted by Gasteiger charge is -2.35. The number of carbonyl (C=O) groups is 2. The summed E-state index contributed by atoms with van der Waals surface area (Å²) in [4.78, 5) is 37.0. The topological polar surface area (TPSA) is 97.5 Å². The molecule has 2 aliphatic heterocycles. The number of hydrogen-bond donors (Lipinski definition) is 2. The van der Waals surface area contributed by atoms with Crippen LogP contribution in [-0.4, -0.2) is 82.6 Å². The lowest BCUT2D eigenvalue weighted by Crippen LogP contribution is -2.51. The van der Waals surface area contributed by atoms with E-state index in [1.165, 1.54) is 12.1 Å². The Bertz CT molecular complexity index is 1480. The zero-order valence-electron chi connectivity index (χ0n) is 21.7. The van der Waals surface area contributed by atoms with Gasteiger partial charge in [-0.1, -0.05) is 0 Å². The van der Waals surface area contributed by atoms with Gasteiger partial charge in [-0.05, 0) is 62.4 Å². The number of benzene rings is 2. The molecule has 2 aromatic carbocycles. The van der Waals surface area contributed by atoms with Gasteiger partial charge in [0.15, 0.2) is 5.13 Å². The van der Waals surface area contributed by atoms with Crippen molar-refractivity contribution in [1.29, 1.82) is 0 Å². The molecule has 4 heterocycles. The third-order valence-corrected chi connectivity index (χ3v) is 8.55. The molecule has 0 saturated carbocycles. The fraction of sp³-hybridized carbons (Fsp3) is 0.357. The molecule has 0 radical (unpaired) electrons. The molecule has 1 unspecified atom stereocenters. The Kier molecular flexibility index (Phi) is 6.78. The highest BCUT2D eigenvalue weighted by atomic mass is 32.1. The molecule has 0 spiro atoms. The normalized spacial score (nSPS) is 20.1. The van der Waals surface area contributed by atoms with Crippen molar-refractivity contribution >= 4 is 44.9 Å². The number of amides is 2. The van der Waals surface area contributed by atoms with Gasteiger partial charge in [-0.2, -0.15) is 5.10 Å². The van der Waals surface area contributed by atoms with Crippen LogP contribution >= 0.6 is 11.3 Å². The van der Waals surface area contributed by atoms with Gasteiger partial charge in [-0.15, -0.1) is 11.3 Å².